The largest absolute Gasteiger partial charge is 0.465 e. The fourth-order valence-electron chi connectivity index (χ4n) is 3.03. The number of likely N-dealkylation sites (tertiary alicyclic amines) is 1. The van der Waals surface area contributed by atoms with Crippen LogP contribution in [-0.2, 0) is 11.3 Å². The minimum Gasteiger partial charge on any atom is -0.465 e. The Morgan fingerprint density at radius 1 is 1.38 bits per heavy atom. The second-order valence-electron chi connectivity index (χ2n) is 5.89. The first-order chi connectivity index (χ1) is 10.1. The van der Waals surface area contributed by atoms with Crippen LogP contribution in [0.3, 0.4) is 0 Å². The molecule has 1 N–H and O–H groups in total. The van der Waals surface area contributed by atoms with Crippen LogP contribution in [0.1, 0.15) is 48.5 Å². The zero-order valence-corrected chi connectivity index (χ0v) is 12.9. The summed E-state index contributed by atoms with van der Waals surface area (Å²) in [5.74, 6) is -0.300. The van der Waals surface area contributed by atoms with E-state index >= 15 is 0 Å². The van der Waals surface area contributed by atoms with Crippen LogP contribution < -0.4 is 0 Å². The molecule has 0 bridgehead atoms. The van der Waals surface area contributed by atoms with E-state index in [1.54, 1.807) is 0 Å². The molecule has 1 aliphatic rings. The van der Waals surface area contributed by atoms with Gasteiger partial charge in [-0.15, -0.1) is 0 Å². The molecule has 1 heterocycles. The molecule has 0 aliphatic carbocycles. The smallest absolute Gasteiger partial charge is 0.337 e. The first kappa shape index (κ1) is 16.0. The first-order valence-corrected chi connectivity index (χ1v) is 7.69. The number of carbonyl (C=O) groups excluding carboxylic acids is 1. The summed E-state index contributed by atoms with van der Waals surface area (Å²) in [7, 11) is 1.39. The van der Waals surface area contributed by atoms with E-state index in [1.807, 2.05) is 31.2 Å². The van der Waals surface area contributed by atoms with Crippen molar-refractivity contribution in [2.24, 2.45) is 0 Å². The molecule has 2 unspecified atom stereocenters. The highest BCUT2D eigenvalue weighted by atomic mass is 16.5. The van der Waals surface area contributed by atoms with Crippen molar-refractivity contribution >= 4 is 5.97 Å². The standard InChI is InChI=1S/C17H25NO3/c1-13(19)11-16-5-3-4-10-18(16)12-14-6-8-15(9-7-14)17(20)21-2/h6-9,13,16,19H,3-5,10-12H2,1-2H3. The van der Waals surface area contributed by atoms with Gasteiger partial charge < -0.3 is 9.84 Å². The van der Waals surface area contributed by atoms with Gasteiger partial charge in [0.1, 0.15) is 0 Å². The first-order valence-electron chi connectivity index (χ1n) is 7.69. The molecule has 2 atom stereocenters. The number of rotatable bonds is 5. The van der Waals surface area contributed by atoms with Crippen LogP contribution in [0.15, 0.2) is 24.3 Å². The summed E-state index contributed by atoms with van der Waals surface area (Å²) in [4.78, 5) is 13.9. The van der Waals surface area contributed by atoms with Crippen molar-refractivity contribution in [3.63, 3.8) is 0 Å². The summed E-state index contributed by atoms with van der Waals surface area (Å²) in [6.07, 6.45) is 4.20. The Labute approximate surface area is 126 Å². The highest BCUT2D eigenvalue weighted by molar-refractivity contribution is 5.89. The molecule has 1 aromatic carbocycles. The zero-order valence-electron chi connectivity index (χ0n) is 12.9. The predicted octanol–water partition coefficient (Wildman–Crippen LogP) is 2.60. The van der Waals surface area contributed by atoms with Crippen LogP contribution in [0, 0.1) is 0 Å². The van der Waals surface area contributed by atoms with E-state index in [0.29, 0.717) is 11.6 Å². The average Bonchev–Trinajstić information content (AvgIpc) is 2.49. The van der Waals surface area contributed by atoms with E-state index < -0.39 is 0 Å². The lowest BCUT2D eigenvalue weighted by Gasteiger charge is -2.36. The number of ether oxygens (including phenoxy) is 1. The van der Waals surface area contributed by atoms with Crippen LogP contribution in [0.2, 0.25) is 0 Å². The Morgan fingerprint density at radius 2 is 2.10 bits per heavy atom. The third-order valence-electron chi connectivity index (χ3n) is 4.12. The molecule has 0 amide bonds. The summed E-state index contributed by atoms with van der Waals surface area (Å²) in [5.41, 5.74) is 1.78. The number of piperidine rings is 1. The average molecular weight is 291 g/mol. The van der Waals surface area contributed by atoms with Gasteiger partial charge in [-0.25, -0.2) is 4.79 Å². The number of carbonyl (C=O) groups is 1. The van der Waals surface area contributed by atoms with Crippen LogP contribution in [-0.4, -0.2) is 41.8 Å². The van der Waals surface area contributed by atoms with Crippen molar-refractivity contribution in [1.82, 2.24) is 4.90 Å². The third-order valence-corrected chi connectivity index (χ3v) is 4.12. The number of benzene rings is 1. The maximum absolute atomic E-state index is 11.4. The SMILES string of the molecule is COC(=O)c1ccc(CN2CCCCC2CC(C)O)cc1. The molecule has 4 heteroatoms. The molecule has 0 aromatic heterocycles. The fraction of sp³-hybridized carbons (Fsp3) is 0.588. The van der Waals surface area contributed by atoms with Crippen molar-refractivity contribution in [2.75, 3.05) is 13.7 Å². The van der Waals surface area contributed by atoms with Gasteiger partial charge in [-0.2, -0.15) is 0 Å². The second-order valence-corrected chi connectivity index (χ2v) is 5.89. The van der Waals surface area contributed by atoms with Gasteiger partial charge in [-0.05, 0) is 50.4 Å². The van der Waals surface area contributed by atoms with Gasteiger partial charge in [-0.1, -0.05) is 18.6 Å². The van der Waals surface area contributed by atoms with E-state index in [2.05, 4.69) is 4.90 Å². The van der Waals surface area contributed by atoms with Gasteiger partial charge >= 0.3 is 5.97 Å². The lowest BCUT2D eigenvalue weighted by molar-refractivity contribution is 0.0600. The monoisotopic (exact) mass is 291 g/mol. The molecule has 1 fully saturated rings. The van der Waals surface area contributed by atoms with E-state index in [1.165, 1.54) is 25.5 Å². The molecule has 1 saturated heterocycles. The summed E-state index contributed by atoms with van der Waals surface area (Å²) >= 11 is 0. The Balaban J connectivity index is 2.00. The van der Waals surface area contributed by atoms with E-state index in [4.69, 9.17) is 4.74 Å². The van der Waals surface area contributed by atoms with E-state index in [-0.39, 0.29) is 12.1 Å². The highest BCUT2D eigenvalue weighted by Gasteiger charge is 2.23. The third kappa shape index (κ3) is 4.55. The molecule has 4 nitrogen and oxygen atoms in total. The second kappa shape index (κ2) is 7.57. The number of esters is 1. The van der Waals surface area contributed by atoms with Crippen LogP contribution >= 0.6 is 0 Å². The van der Waals surface area contributed by atoms with Gasteiger partial charge in [0.15, 0.2) is 0 Å². The van der Waals surface area contributed by atoms with Crippen LogP contribution in [0.4, 0.5) is 0 Å². The topological polar surface area (TPSA) is 49.8 Å². The molecule has 0 saturated carbocycles. The van der Waals surface area contributed by atoms with Crippen molar-refractivity contribution in [3.8, 4) is 0 Å². The number of hydrogen-bond acceptors (Lipinski definition) is 4. The molecule has 1 aliphatic heterocycles. The molecule has 1 aromatic rings. The summed E-state index contributed by atoms with van der Waals surface area (Å²) in [5, 5.41) is 9.64. The van der Waals surface area contributed by atoms with Crippen LogP contribution in [0.5, 0.6) is 0 Å². The van der Waals surface area contributed by atoms with Crippen molar-refractivity contribution < 1.29 is 14.6 Å². The number of methoxy groups -OCH3 is 1. The Hall–Kier alpha value is -1.39. The van der Waals surface area contributed by atoms with Gasteiger partial charge in [0, 0.05) is 12.6 Å². The minimum atomic E-state index is -0.300. The molecule has 116 valence electrons. The maximum Gasteiger partial charge on any atom is 0.337 e. The molecule has 21 heavy (non-hydrogen) atoms. The molecular formula is C17H25NO3. The predicted molar refractivity (Wildman–Crippen MR) is 82.1 cm³/mol. The minimum absolute atomic E-state index is 0.252. The molecule has 0 radical (unpaired) electrons. The Kier molecular flexibility index (Phi) is 5.76. The summed E-state index contributed by atoms with van der Waals surface area (Å²) in [6, 6.07) is 8.06. The molecular weight excluding hydrogens is 266 g/mol. The lowest BCUT2D eigenvalue weighted by Crippen LogP contribution is -2.40. The van der Waals surface area contributed by atoms with Gasteiger partial charge in [0.2, 0.25) is 0 Å². The van der Waals surface area contributed by atoms with Crippen molar-refractivity contribution in [3.05, 3.63) is 35.4 Å². The van der Waals surface area contributed by atoms with Crippen molar-refractivity contribution in [1.29, 1.82) is 0 Å². The Bertz CT molecular complexity index is 456. The quantitative estimate of drug-likeness (QED) is 0.847. The number of hydrogen-bond donors (Lipinski definition) is 1. The van der Waals surface area contributed by atoms with Gasteiger partial charge in [-0.3, -0.25) is 4.90 Å². The normalized spacial score (nSPS) is 21.0. The zero-order chi connectivity index (χ0) is 15.2. The van der Waals surface area contributed by atoms with E-state index in [9.17, 15) is 9.90 Å². The molecule has 2 rings (SSSR count). The fourth-order valence-corrected chi connectivity index (χ4v) is 3.03. The molecule has 0 spiro atoms. The van der Waals surface area contributed by atoms with Gasteiger partial charge in [0.05, 0.1) is 18.8 Å². The Morgan fingerprint density at radius 3 is 2.71 bits per heavy atom. The highest BCUT2D eigenvalue weighted by Crippen LogP contribution is 2.23. The number of aliphatic hydroxyl groups excluding tert-OH is 1. The summed E-state index contributed by atoms with van der Waals surface area (Å²) < 4.78 is 4.71. The van der Waals surface area contributed by atoms with Crippen molar-refractivity contribution in [2.45, 2.75) is 51.3 Å². The van der Waals surface area contributed by atoms with E-state index in [0.717, 1.165) is 25.9 Å². The lowest BCUT2D eigenvalue weighted by atomic mass is 9.96. The number of nitrogens with zero attached hydrogens (tertiary/aromatic N) is 1. The number of aliphatic hydroxyl groups is 1. The van der Waals surface area contributed by atoms with Crippen LogP contribution in [0.25, 0.3) is 0 Å². The summed E-state index contributed by atoms with van der Waals surface area (Å²) in [6.45, 7) is 3.81. The van der Waals surface area contributed by atoms with Gasteiger partial charge in [0.25, 0.3) is 0 Å². The maximum atomic E-state index is 11.4.